The summed E-state index contributed by atoms with van der Waals surface area (Å²) in [5.74, 6) is 1.58. The molecule has 0 bridgehead atoms. The topological polar surface area (TPSA) is 29.3 Å². The van der Waals surface area contributed by atoms with E-state index in [1.54, 1.807) is 0 Å². The average molecular weight is 224 g/mol. The Morgan fingerprint density at radius 3 is 2.38 bits per heavy atom. The minimum atomic E-state index is 0.294. The summed E-state index contributed by atoms with van der Waals surface area (Å²) in [6, 6.07) is 0.816. The Balaban J connectivity index is 2.15. The van der Waals surface area contributed by atoms with E-state index in [1.165, 1.54) is 38.5 Å². The van der Waals surface area contributed by atoms with Crippen molar-refractivity contribution in [3.05, 3.63) is 0 Å². The Bertz CT molecular complexity index is 237. The van der Waals surface area contributed by atoms with Gasteiger partial charge in [-0.15, -0.1) is 0 Å². The Hall–Kier alpha value is -0.0800. The lowest BCUT2D eigenvalue weighted by Gasteiger charge is -2.55. The van der Waals surface area contributed by atoms with E-state index in [2.05, 4.69) is 25.8 Å². The van der Waals surface area contributed by atoms with Gasteiger partial charge in [-0.05, 0) is 38.1 Å². The molecular weight excluding hydrogens is 196 g/mol. The third-order valence-corrected chi connectivity index (χ3v) is 5.65. The molecule has 0 saturated heterocycles. The van der Waals surface area contributed by atoms with Gasteiger partial charge in [0.05, 0.1) is 0 Å². The smallest absolute Gasteiger partial charge is 0.0359 e. The van der Waals surface area contributed by atoms with Crippen LogP contribution in [0.25, 0.3) is 0 Å². The molecule has 0 aromatic heterocycles. The van der Waals surface area contributed by atoms with Gasteiger partial charge in [0, 0.05) is 18.1 Å². The van der Waals surface area contributed by atoms with Crippen LogP contribution in [0, 0.1) is 11.8 Å². The fourth-order valence-corrected chi connectivity index (χ4v) is 3.80. The molecule has 2 heteroatoms. The number of hydrogen-bond acceptors (Lipinski definition) is 2. The van der Waals surface area contributed by atoms with Crippen LogP contribution in [0.4, 0.5) is 0 Å². The highest BCUT2D eigenvalue weighted by Crippen LogP contribution is 2.43. The largest absolute Gasteiger partial charge is 0.329 e. The fourth-order valence-electron chi connectivity index (χ4n) is 3.80. The van der Waals surface area contributed by atoms with E-state index in [4.69, 9.17) is 5.73 Å². The zero-order chi connectivity index (χ0) is 11.8. The van der Waals surface area contributed by atoms with E-state index < -0.39 is 0 Å². The van der Waals surface area contributed by atoms with Gasteiger partial charge in [0.2, 0.25) is 0 Å². The van der Waals surface area contributed by atoms with Gasteiger partial charge in [0.15, 0.2) is 0 Å². The highest BCUT2D eigenvalue weighted by atomic mass is 15.2. The van der Waals surface area contributed by atoms with Crippen LogP contribution in [0.1, 0.15) is 52.4 Å². The fraction of sp³-hybridized carbons (Fsp3) is 1.00. The van der Waals surface area contributed by atoms with E-state index >= 15 is 0 Å². The second-order valence-corrected chi connectivity index (χ2v) is 6.16. The van der Waals surface area contributed by atoms with Gasteiger partial charge < -0.3 is 5.73 Å². The normalized spacial score (nSPS) is 41.1. The minimum Gasteiger partial charge on any atom is -0.329 e. The number of nitrogens with two attached hydrogens (primary N) is 1. The molecule has 0 amide bonds. The SMILES string of the molecule is CC1CCCC(CN)(N(C)C2CCC2)C1C. The summed E-state index contributed by atoms with van der Waals surface area (Å²) in [5, 5.41) is 0. The first-order valence-electron chi connectivity index (χ1n) is 7.05. The van der Waals surface area contributed by atoms with E-state index in [0.717, 1.165) is 24.4 Å². The summed E-state index contributed by atoms with van der Waals surface area (Å²) in [7, 11) is 2.32. The molecule has 2 rings (SSSR count). The summed E-state index contributed by atoms with van der Waals surface area (Å²) >= 11 is 0. The molecule has 2 aliphatic rings. The monoisotopic (exact) mass is 224 g/mol. The van der Waals surface area contributed by atoms with E-state index in [1.807, 2.05) is 0 Å². The van der Waals surface area contributed by atoms with Crippen LogP contribution in [0.5, 0.6) is 0 Å². The van der Waals surface area contributed by atoms with Crippen LogP contribution < -0.4 is 5.73 Å². The predicted octanol–water partition coefficient (Wildman–Crippen LogP) is 2.62. The first kappa shape index (κ1) is 12.4. The molecule has 0 aliphatic heterocycles. The number of nitrogens with zero attached hydrogens (tertiary/aromatic N) is 1. The third kappa shape index (κ3) is 1.80. The summed E-state index contributed by atoms with van der Waals surface area (Å²) in [5.41, 5.74) is 6.46. The van der Waals surface area contributed by atoms with Gasteiger partial charge >= 0.3 is 0 Å². The molecule has 3 unspecified atom stereocenters. The summed E-state index contributed by atoms with van der Waals surface area (Å²) in [6.07, 6.45) is 8.25. The van der Waals surface area contributed by atoms with Gasteiger partial charge in [-0.1, -0.05) is 33.1 Å². The maximum atomic E-state index is 6.17. The lowest BCUT2D eigenvalue weighted by Crippen LogP contribution is -2.63. The molecule has 0 spiro atoms. The molecule has 16 heavy (non-hydrogen) atoms. The van der Waals surface area contributed by atoms with Gasteiger partial charge in [0.25, 0.3) is 0 Å². The van der Waals surface area contributed by atoms with Crippen LogP contribution in [0.3, 0.4) is 0 Å². The molecule has 3 atom stereocenters. The molecule has 2 aliphatic carbocycles. The molecule has 2 saturated carbocycles. The number of hydrogen-bond donors (Lipinski definition) is 1. The highest BCUT2D eigenvalue weighted by molar-refractivity contribution is 5.02. The Morgan fingerprint density at radius 1 is 1.19 bits per heavy atom. The van der Waals surface area contributed by atoms with Crippen molar-refractivity contribution >= 4 is 0 Å². The minimum absolute atomic E-state index is 0.294. The van der Waals surface area contributed by atoms with Crippen molar-refractivity contribution in [2.45, 2.75) is 64.0 Å². The maximum Gasteiger partial charge on any atom is 0.0359 e. The first-order chi connectivity index (χ1) is 7.62. The molecule has 2 N–H and O–H groups in total. The maximum absolute atomic E-state index is 6.17. The summed E-state index contributed by atoms with van der Waals surface area (Å²) < 4.78 is 0. The first-order valence-corrected chi connectivity index (χ1v) is 7.05. The van der Waals surface area contributed by atoms with Crippen LogP contribution in [0.2, 0.25) is 0 Å². The molecule has 0 aromatic carbocycles. The van der Waals surface area contributed by atoms with Gasteiger partial charge in [-0.3, -0.25) is 4.90 Å². The second-order valence-electron chi connectivity index (χ2n) is 6.16. The summed E-state index contributed by atoms with van der Waals surface area (Å²) in [6.45, 7) is 5.67. The van der Waals surface area contributed by atoms with Crippen molar-refractivity contribution in [2.75, 3.05) is 13.6 Å². The van der Waals surface area contributed by atoms with Gasteiger partial charge in [-0.2, -0.15) is 0 Å². The van der Waals surface area contributed by atoms with Crippen molar-refractivity contribution < 1.29 is 0 Å². The molecular formula is C14H28N2. The van der Waals surface area contributed by atoms with Crippen LogP contribution in [-0.2, 0) is 0 Å². The molecule has 2 nitrogen and oxygen atoms in total. The van der Waals surface area contributed by atoms with E-state index in [9.17, 15) is 0 Å². The van der Waals surface area contributed by atoms with Crippen LogP contribution in [0.15, 0.2) is 0 Å². The number of rotatable bonds is 3. The average Bonchev–Trinajstić information content (AvgIpc) is 2.20. The zero-order valence-electron chi connectivity index (χ0n) is 11.2. The van der Waals surface area contributed by atoms with E-state index in [0.29, 0.717) is 5.54 Å². The Morgan fingerprint density at radius 2 is 1.88 bits per heavy atom. The lowest BCUT2D eigenvalue weighted by molar-refractivity contribution is -0.0397. The van der Waals surface area contributed by atoms with Crippen LogP contribution in [-0.4, -0.2) is 30.1 Å². The van der Waals surface area contributed by atoms with Crippen molar-refractivity contribution in [1.82, 2.24) is 4.90 Å². The zero-order valence-corrected chi connectivity index (χ0v) is 11.2. The van der Waals surface area contributed by atoms with Gasteiger partial charge in [0.1, 0.15) is 0 Å². The number of likely N-dealkylation sites (N-methyl/N-ethyl adjacent to an activating group) is 1. The van der Waals surface area contributed by atoms with Crippen molar-refractivity contribution in [3.8, 4) is 0 Å². The third-order valence-electron chi connectivity index (χ3n) is 5.65. The highest BCUT2D eigenvalue weighted by Gasteiger charge is 2.46. The molecule has 94 valence electrons. The molecule has 0 heterocycles. The van der Waals surface area contributed by atoms with Crippen LogP contribution >= 0.6 is 0 Å². The van der Waals surface area contributed by atoms with Gasteiger partial charge in [-0.25, -0.2) is 0 Å². The lowest BCUT2D eigenvalue weighted by atomic mass is 9.66. The molecule has 0 aromatic rings. The molecule has 2 fully saturated rings. The molecule has 0 radical (unpaired) electrons. The predicted molar refractivity (Wildman–Crippen MR) is 69.4 cm³/mol. The quantitative estimate of drug-likeness (QED) is 0.798. The second kappa shape index (κ2) is 4.66. The Labute approximate surface area is 101 Å². The van der Waals surface area contributed by atoms with Crippen molar-refractivity contribution in [3.63, 3.8) is 0 Å². The van der Waals surface area contributed by atoms with Crippen molar-refractivity contribution in [2.24, 2.45) is 17.6 Å². The summed E-state index contributed by atoms with van der Waals surface area (Å²) in [4.78, 5) is 2.65. The standard InChI is InChI=1S/C14H28N2/c1-11-6-5-9-14(10-15,12(11)2)16(3)13-7-4-8-13/h11-13H,4-10,15H2,1-3H3. The van der Waals surface area contributed by atoms with E-state index in [-0.39, 0.29) is 0 Å². The Kier molecular flexibility index (Phi) is 3.60. The van der Waals surface area contributed by atoms with Crippen molar-refractivity contribution in [1.29, 1.82) is 0 Å².